The van der Waals surface area contributed by atoms with Gasteiger partial charge < -0.3 is 5.11 Å². The Morgan fingerprint density at radius 2 is 2.31 bits per heavy atom. The SMILES string of the molecule is C=C1CN2[C@H](CCC(F)F)CC[C@@]2(CO)C1. The minimum absolute atomic E-state index is 0.0326. The Morgan fingerprint density at radius 1 is 1.56 bits per heavy atom. The zero-order chi connectivity index (χ0) is 11.8. The molecule has 0 amide bonds. The van der Waals surface area contributed by atoms with Crippen LogP contribution in [-0.4, -0.2) is 41.2 Å². The van der Waals surface area contributed by atoms with Gasteiger partial charge in [0.05, 0.1) is 6.61 Å². The molecule has 16 heavy (non-hydrogen) atoms. The van der Waals surface area contributed by atoms with Crippen LogP contribution < -0.4 is 0 Å². The molecular weight excluding hydrogens is 212 g/mol. The van der Waals surface area contributed by atoms with E-state index in [1.165, 1.54) is 0 Å². The molecule has 2 atom stereocenters. The Kier molecular flexibility index (Phi) is 3.31. The molecule has 1 N–H and O–H groups in total. The molecule has 2 aliphatic rings. The van der Waals surface area contributed by atoms with Gasteiger partial charge in [0, 0.05) is 24.5 Å². The fourth-order valence-electron chi connectivity index (χ4n) is 3.22. The molecule has 0 saturated carbocycles. The molecule has 0 aromatic carbocycles. The molecule has 2 rings (SSSR count). The number of hydrogen-bond donors (Lipinski definition) is 1. The van der Waals surface area contributed by atoms with E-state index in [-0.39, 0.29) is 24.6 Å². The van der Waals surface area contributed by atoms with Gasteiger partial charge in [0.1, 0.15) is 0 Å². The van der Waals surface area contributed by atoms with Crippen LogP contribution in [0.1, 0.15) is 32.1 Å². The Bertz CT molecular complexity index is 282. The van der Waals surface area contributed by atoms with Gasteiger partial charge in [0.25, 0.3) is 0 Å². The molecule has 0 aromatic rings. The Balaban J connectivity index is 2.01. The van der Waals surface area contributed by atoms with Gasteiger partial charge in [0.2, 0.25) is 6.43 Å². The lowest BCUT2D eigenvalue weighted by Crippen LogP contribution is -2.45. The van der Waals surface area contributed by atoms with Crippen LogP contribution in [0.15, 0.2) is 12.2 Å². The average Bonchev–Trinajstić information content (AvgIpc) is 2.70. The van der Waals surface area contributed by atoms with E-state index in [0.29, 0.717) is 6.42 Å². The van der Waals surface area contributed by atoms with Crippen LogP contribution in [-0.2, 0) is 0 Å². The molecule has 2 saturated heterocycles. The lowest BCUT2D eigenvalue weighted by molar-refractivity contribution is 0.0653. The van der Waals surface area contributed by atoms with Crippen LogP contribution >= 0.6 is 0 Å². The van der Waals surface area contributed by atoms with Gasteiger partial charge in [-0.2, -0.15) is 0 Å². The second-order valence-corrected chi connectivity index (χ2v) is 5.10. The summed E-state index contributed by atoms with van der Waals surface area (Å²) in [6.07, 6.45) is 0.961. The second-order valence-electron chi connectivity index (χ2n) is 5.10. The van der Waals surface area contributed by atoms with Gasteiger partial charge in [-0.1, -0.05) is 12.2 Å². The number of fused-ring (bicyclic) bond motifs is 1. The van der Waals surface area contributed by atoms with E-state index in [0.717, 1.165) is 31.4 Å². The molecule has 2 fully saturated rings. The fourth-order valence-corrected chi connectivity index (χ4v) is 3.22. The van der Waals surface area contributed by atoms with E-state index in [4.69, 9.17) is 0 Å². The highest BCUT2D eigenvalue weighted by atomic mass is 19.3. The van der Waals surface area contributed by atoms with Crippen molar-refractivity contribution in [2.24, 2.45) is 0 Å². The van der Waals surface area contributed by atoms with Crippen molar-refractivity contribution in [3.8, 4) is 0 Å². The van der Waals surface area contributed by atoms with Crippen molar-refractivity contribution in [2.75, 3.05) is 13.2 Å². The van der Waals surface area contributed by atoms with Gasteiger partial charge in [-0.25, -0.2) is 8.78 Å². The molecule has 4 heteroatoms. The van der Waals surface area contributed by atoms with Crippen molar-refractivity contribution >= 4 is 0 Å². The summed E-state index contributed by atoms with van der Waals surface area (Å²) in [5, 5.41) is 9.51. The highest BCUT2D eigenvalue weighted by Gasteiger charge is 2.49. The largest absolute Gasteiger partial charge is 0.394 e. The monoisotopic (exact) mass is 231 g/mol. The maximum absolute atomic E-state index is 12.2. The summed E-state index contributed by atoms with van der Waals surface area (Å²) >= 11 is 0. The molecule has 0 aromatic heterocycles. The minimum atomic E-state index is -2.21. The summed E-state index contributed by atoms with van der Waals surface area (Å²) in [5.41, 5.74) is 0.944. The first-order valence-corrected chi connectivity index (χ1v) is 5.90. The van der Waals surface area contributed by atoms with E-state index >= 15 is 0 Å². The van der Waals surface area contributed by atoms with Crippen molar-refractivity contribution in [3.63, 3.8) is 0 Å². The van der Waals surface area contributed by atoms with Crippen LogP contribution in [0.4, 0.5) is 8.78 Å². The van der Waals surface area contributed by atoms with Crippen molar-refractivity contribution in [3.05, 3.63) is 12.2 Å². The topological polar surface area (TPSA) is 23.5 Å². The van der Waals surface area contributed by atoms with E-state index in [9.17, 15) is 13.9 Å². The summed E-state index contributed by atoms with van der Waals surface area (Å²) in [4.78, 5) is 2.21. The van der Waals surface area contributed by atoms with Crippen LogP contribution in [0.3, 0.4) is 0 Å². The van der Waals surface area contributed by atoms with Gasteiger partial charge in [0.15, 0.2) is 0 Å². The fraction of sp³-hybridized carbons (Fsp3) is 0.833. The number of rotatable bonds is 4. The Hall–Kier alpha value is -0.480. The number of halogens is 2. The highest BCUT2D eigenvalue weighted by molar-refractivity contribution is 5.19. The Morgan fingerprint density at radius 3 is 2.94 bits per heavy atom. The molecule has 0 spiro atoms. The predicted octanol–water partition coefficient (Wildman–Crippen LogP) is 2.19. The number of alkyl halides is 2. The lowest BCUT2D eigenvalue weighted by atomic mass is 9.94. The second kappa shape index (κ2) is 4.41. The molecular formula is C12H19F2NO. The molecule has 0 unspecified atom stereocenters. The van der Waals surface area contributed by atoms with Crippen LogP contribution in [0.5, 0.6) is 0 Å². The zero-order valence-corrected chi connectivity index (χ0v) is 9.46. The van der Waals surface area contributed by atoms with Crippen molar-refractivity contribution in [2.45, 2.75) is 50.1 Å². The van der Waals surface area contributed by atoms with Gasteiger partial charge in [-0.3, -0.25) is 4.90 Å². The quantitative estimate of drug-likeness (QED) is 0.750. The third-order valence-corrected chi connectivity index (χ3v) is 3.98. The third-order valence-electron chi connectivity index (χ3n) is 3.98. The highest BCUT2D eigenvalue weighted by Crippen LogP contribution is 2.44. The summed E-state index contributed by atoms with van der Waals surface area (Å²) in [6, 6.07) is 0.209. The van der Waals surface area contributed by atoms with Crippen LogP contribution in [0.25, 0.3) is 0 Å². The molecule has 0 radical (unpaired) electrons. The Labute approximate surface area is 94.9 Å². The van der Waals surface area contributed by atoms with Gasteiger partial charge in [-0.15, -0.1) is 0 Å². The third kappa shape index (κ3) is 2.00. The smallest absolute Gasteiger partial charge is 0.238 e. The number of nitrogens with zero attached hydrogens (tertiary/aromatic N) is 1. The van der Waals surface area contributed by atoms with E-state index in [2.05, 4.69) is 11.5 Å². The van der Waals surface area contributed by atoms with Gasteiger partial charge >= 0.3 is 0 Å². The molecule has 0 aliphatic carbocycles. The first-order valence-electron chi connectivity index (χ1n) is 5.90. The van der Waals surface area contributed by atoms with Crippen LogP contribution in [0.2, 0.25) is 0 Å². The molecule has 0 bridgehead atoms. The molecule has 2 aliphatic heterocycles. The van der Waals surface area contributed by atoms with E-state index < -0.39 is 6.43 Å². The normalized spacial score (nSPS) is 35.0. The average molecular weight is 231 g/mol. The number of aliphatic hydroxyl groups excluding tert-OH is 1. The standard InChI is InChI=1S/C12H19F2NO/c1-9-6-12(8-16)5-4-10(15(12)7-9)2-3-11(13)14/h10-11,16H,1-8H2/t10-,12+/m1/s1. The van der Waals surface area contributed by atoms with Crippen molar-refractivity contribution in [1.82, 2.24) is 4.90 Å². The van der Waals surface area contributed by atoms with E-state index in [1.807, 2.05) is 0 Å². The number of aliphatic hydroxyl groups is 1. The summed E-state index contributed by atoms with van der Waals surface area (Å²) < 4.78 is 24.4. The predicted molar refractivity (Wildman–Crippen MR) is 58.5 cm³/mol. The summed E-state index contributed by atoms with van der Waals surface area (Å²) in [6.45, 7) is 4.85. The number of hydrogen-bond acceptors (Lipinski definition) is 2. The summed E-state index contributed by atoms with van der Waals surface area (Å²) in [5.74, 6) is 0. The van der Waals surface area contributed by atoms with Crippen molar-refractivity contribution in [1.29, 1.82) is 0 Å². The minimum Gasteiger partial charge on any atom is -0.394 e. The molecule has 2 nitrogen and oxygen atoms in total. The van der Waals surface area contributed by atoms with Gasteiger partial charge in [-0.05, 0) is 25.7 Å². The van der Waals surface area contributed by atoms with Crippen molar-refractivity contribution < 1.29 is 13.9 Å². The summed E-state index contributed by atoms with van der Waals surface area (Å²) in [7, 11) is 0. The van der Waals surface area contributed by atoms with Crippen LogP contribution in [0, 0.1) is 0 Å². The lowest BCUT2D eigenvalue weighted by Gasteiger charge is -2.33. The maximum Gasteiger partial charge on any atom is 0.238 e. The van der Waals surface area contributed by atoms with E-state index in [1.54, 1.807) is 0 Å². The maximum atomic E-state index is 12.2. The molecule has 92 valence electrons. The zero-order valence-electron chi connectivity index (χ0n) is 9.46. The molecule has 2 heterocycles. The first kappa shape index (κ1) is 12.0. The first-order chi connectivity index (χ1) is 7.57.